The lowest BCUT2D eigenvalue weighted by molar-refractivity contribution is -0.145. The van der Waals surface area contributed by atoms with Gasteiger partial charge in [0.2, 0.25) is 0 Å². The van der Waals surface area contributed by atoms with Gasteiger partial charge in [-0.15, -0.1) is 0 Å². The van der Waals surface area contributed by atoms with E-state index in [0.29, 0.717) is 12.2 Å². The number of hydrogen-bond acceptors (Lipinski definition) is 3. The van der Waals surface area contributed by atoms with Crippen molar-refractivity contribution < 1.29 is 14.6 Å². The summed E-state index contributed by atoms with van der Waals surface area (Å²) in [5.41, 5.74) is 6.73. The molecule has 0 fully saturated rings. The summed E-state index contributed by atoms with van der Waals surface area (Å²) in [6.45, 7) is 3.82. The molecule has 0 aliphatic carbocycles. The van der Waals surface area contributed by atoms with Crippen molar-refractivity contribution >= 4 is 5.97 Å². The van der Waals surface area contributed by atoms with Crippen LogP contribution in [0.15, 0.2) is 24.3 Å². The van der Waals surface area contributed by atoms with Crippen molar-refractivity contribution in [2.45, 2.75) is 38.8 Å². The van der Waals surface area contributed by atoms with Crippen molar-refractivity contribution in [1.82, 2.24) is 0 Å². The van der Waals surface area contributed by atoms with E-state index in [9.17, 15) is 4.79 Å². The highest BCUT2D eigenvalue weighted by molar-refractivity contribution is 5.72. The van der Waals surface area contributed by atoms with Crippen molar-refractivity contribution in [1.29, 1.82) is 0 Å². The summed E-state index contributed by atoms with van der Waals surface area (Å²) in [4.78, 5) is 10.9. The van der Waals surface area contributed by atoms with Gasteiger partial charge in [-0.2, -0.15) is 0 Å². The average Bonchev–Trinajstić information content (AvgIpc) is 2.29. The smallest absolute Gasteiger partial charge is 0.344 e. The third kappa shape index (κ3) is 4.07. The molecule has 2 unspecified atom stereocenters. The summed E-state index contributed by atoms with van der Waals surface area (Å²) in [5.74, 6) is -0.363. The summed E-state index contributed by atoms with van der Waals surface area (Å²) in [7, 11) is 0. The fourth-order valence-corrected chi connectivity index (χ4v) is 1.51. The van der Waals surface area contributed by atoms with Gasteiger partial charge >= 0.3 is 5.97 Å². The van der Waals surface area contributed by atoms with Gasteiger partial charge < -0.3 is 15.6 Å². The lowest BCUT2D eigenvalue weighted by atomic mass is 10.1. The molecule has 0 heterocycles. The SMILES string of the molecule is CCCC(Oc1ccc(C(C)N)cc1)C(=O)O. The quantitative estimate of drug-likeness (QED) is 0.796. The second kappa shape index (κ2) is 6.25. The first-order valence-corrected chi connectivity index (χ1v) is 5.79. The molecule has 94 valence electrons. The Bertz CT molecular complexity index is 359. The van der Waals surface area contributed by atoms with Crippen LogP contribution in [-0.4, -0.2) is 17.2 Å². The van der Waals surface area contributed by atoms with Crippen molar-refractivity contribution in [3.63, 3.8) is 0 Å². The maximum Gasteiger partial charge on any atom is 0.344 e. The van der Waals surface area contributed by atoms with E-state index in [4.69, 9.17) is 15.6 Å². The van der Waals surface area contributed by atoms with Gasteiger partial charge in [-0.25, -0.2) is 4.79 Å². The van der Waals surface area contributed by atoms with E-state index in [2.05, 4.69) is 0 Å². The molecule has 0 saturated carbocycles. The number of carboxylic acid groups (broad SMARTS) is 1. The summed E-state index contributed by atoms with van der Waals surface area (Å²) < 4.78 is 5.41. The van der Waals surface area contributed by atoms with Gasteiger partial charge in [-0.05, 0) is 31.0 Å². The van der Waals surface area contributed by atoms with Gasteiger partial charge in [0, 0.05) is 6.04 Å². The Morgan fingerprint density at radius 1 is 1.41 bits per heavy atom. The van der Waals surface area contributed by atoms with Crippen LogP contribution in [0.5, 0.6) is 5.75 Å². The predicted molar refractivity (Wildman–Crippen MR) is 66.0 cm³/mol. The normalized spacial score (nSPS) is 14.1. The van der Waals surface area contributed by atoms with E-state index in [1.807, 2.05) is 26.0 Å². The number of rotatable bonds is 6. The van der Waals surface area contributed by atoms with Crippen molar-refractivity contribution in [3.05, 3.63) is 29.8 Å². The van der Waals surface area contributed by atoms with Crippen LogP contribution in [0.3, 0.4) is 0 Å². The van der Waals surface area contributed by atoms with Crippen LogP contribution in [0.1, 0.15) is 38.3 Å². The molecule has 1 rings (SSSR count). The summed E-state index contributed by atoms with van der Waals surface area (Å²) >= 11 is 0. The fraction of sp³-hybridized carbons (Fsp3) is 0.462. The summed E-state index contributed by atoms with van der Waals surface area (Å²) in [6, 6.07) is 7.18. The zero-order valence-corrected chi connectivity index (χ0v) is 10.2. The molecule has 4 nitrogen and oxygen atoms in total. The Kier molecular flexibility index (Phi) is 4.97. The van der Waals surface area contributed by atoms with Crippen molar-refractivity contribution in [2.75, 3.05) is 0 Å². The molecule has 0 aliphatic rings. The molecule has 3 N–H and O–H groups in total. The van der Waals surface area contributed by atoms with Crippen LogP contribution in [0.25, 0.3) is 0 Å². The predicted octanol–water partition coefficient (Wildman–Crippen LogP) is 2.34. The Morgan fingerprint density at radius 2 is 2.00 bits per heavy atom. The maximum absolute atomic E-state index is 10.9. The molecule has 2 atom stereocenters. The van der Waals surface area contributed by atoms with E-state index in [1.165, 1.54) is 0 Å². The molecule has 0 spiro atoms. The number of ether oxygens (including phenoxy) is 1. The van der Waals surface area contributed by atoms with E-state index in [1.54, 1.807) is 12.1 Å². The molecule has 0 amide bonds. The largest absolute Gasteiger partial charge is 0.479 e. The highest BCUT2D eigenvalue weighted by Crippen LogP contribution is 2.18. The molecule has 0 aliphatic heterocycles. The van der Waals surface area contributed by atoms with Crippen LogP contribution in [0.4, 0.5) is 0 Å². The van der Waals surface area contributed by atoms with Crippen LogP contribution in [0.2, 0.25) is 0 Å². The Labute approximate surface area is 101 Å². The number of hydrogen-bond donors (Lipinski definition) is 2. The minimum Gasteiger partial charge on any atom is -0.479 e. The fourth-order valence-electron chi connectivity index (χ4n) is 1.51. The van der Waals surface area contributed by atoms with Gasteiger partial charge in [0.05, 0.1) is 0 Å². The molecule has 0 aromatic heterocycles. The second-order valence-electron chi connectivity index (χ2n) is 4.09. The van der Waals surface area contributed by atoms with Crippen molar-refractivity contribution in [3.8, 4) is 5.75 Å². The number of benzene rings is 1. The minimum absolute atomic E-state index is 0.0324. The molecular weight excluding hydrogens is 218 g/mol. The average molecular weight is 237 g/mol. The lowest BCUT2D eigenvalue weighted by Crippen LogP contribution is -2.26. The van der Waals surface area contributed by atoms with E-state index in [-0.39, 0.29) is 6.04 Å². The number of carbonyl (C=O) groups is 1. The second-order valence-corrected chi connectivity index (χ2v) is 4.09. The molecule has 4 heteroatoms. The molecule has 1 aromatic rings. The number of carboxylic acids is 1. The highest BCUT2D eigenvalue weighted by atomic mass is 16.5. The maximum atomic E-state index is 10.9. The zero-order chi connectivity index (χ0) is 12.8. The van der Waals surface area contributed by atoms with Crippen LogP contribution in [-0.2, 0) is 4.79 Å². The molecule has 1 aromatic carbocycles. The van der Waals surface area contributed by atoms with E-state index >= 15 is 0 Å². The minimum atomic E-state index is -0.928. The van der Waals surface area contributed by atoms with E-state index < -0.39 is 12.1 Å². The number of nitrogens with two attached hydrogens (primary N) is 1. The highest BCUT2D eigenvalue weighted by Gasteiger charge is 2.17. The molecule has 0 saturated heterocycles. The van der Waals surface area contributed by atoms with Crippen LogP contribution >= 0.6 is 0 Å². The van der Waals surface area contributed by atoms with Gasteiger partial charge in [-0.3, -0.25) is 0 Å². The first-order chi connectivity index (χ1) is 8.04. The summed E-state index contributed by atoms with van der Waals surface area (Å²) in [6.07, 6.45) is 0.500. The van der Waals surface area contributed by atoms with Crippen molar-refractivity contribution in [2.24, 2.45) is 5.73 Å². The first kappa shape index (κ1) is 13.5. The standard InChI is InChI=1S/C13H19NO3/c1-3-4-12(13(15)16)17-11-7-5-10(6-8-11)9(2)14/h5-9,12H,3-4,14H2,1-2H3,(H,15,16). The molecule has 17 heavy (non-hydrogen) atoms. The van der Waals surface area contributed by atoms with E-state index in [0.717, 1.165) is 12.0 Å². The van der Waals surface area contributed by atoms with Crippen LogP contribution in [0, 0.1) is 0 Å². The Morgan fingerprint density at radius 3 is 2.41 bits per heavy atom. The molecular formula is C13H19NO3. The topological polar surface area (TPSA) is 72.5 Å². The number of aliphatic carboxylic acids is 1. The Hall–Kier alpha value is -1.55. The monoisotopic (exact) mass is 237 g/mol. The zero-order valence-electron chi connectivity index (χ0n) is 10.2. The molecule has 0 radical (unpaired) electrons. The van der Waals surface area contributed by atoms with Gasteiger partial charge in [0.15, 0.2) is 6.10 Å². The van der Waals surface area contributed by atoms with Gasteiger partial charge in [0.25, 0.3) is 0 Å². The lowest BCUT2D eigenvalue weighted by Gasteiger charge is -2.15. The third-order valence-electron chi connectivity index (χ3n) is 2.51. The van der Waals surface area contributed by atoms with Gasteiger partial charge in [-0.1, -0.05) is 25.5 Å². The van der Waals surface area contributed by atoms with Gasteiger partial charge in [0.1, 0.15) is 5.75 Å². The van der Waals surface area contributed by atoms with Crippen LogP contribution < -0.4 is 10.5 Å². The first-order valence-electron chi connectivity index (χ1n) is 5.79. The third-order valence-corrected chi connectivity index (χ3v) is 2.51. The summed E-state index contributed by atoms with van der Waals surface area (Å²) in [5, 5.41) is 8.96. The molecule has 0 bridgehead atoms. The Balaban J connectivity index is 2.70.